The maximum atomic E-state index is 11.2. The first-order valence-electron chi connectivity index (χ1n) is 11.0. The molecule has 0 aromatic heterocycles. The molecule has 0 aliphatic rings. The van der Waals surface area contributed by atoms with Crippen molar-refractivity contribution in [2.24, 2.45) is 0 Å². The van der Waals surface area contributed by atoms with Gasteiger partial charge in [-0.25, -0.2) is 8.42 Å². The molecule has 7 heteroatoms. The van der Waals surface area contributed by atoms with E-state index in [0.29, 0.717) is 11.0 Å². The molecule has 0 bridgehead atoms. The molecule has 0 spiro atoms. The van der Waals surface area contributed by atoms with Crippen molar-refractivity contribution in [1.82, 2.24) is 0 Å². The Labute approximate surface area is 173 Å². The summed E-state index contributed by atoms with van der Waals surface area (Å²) in [5, 5.41) is 0. The highest BCUT2D eigenvalue weighted by Crippen LogP contribution is 2.13. The Morgan fingerprint density at radius 2 is 1.32 bits per heavy atom. The van der Waals surface area contributed by atoms with E-state index in [0.717, 1.165) is 19.4 Å². The van der Waals surface area contributed by atoms with Crippen LogP contribution < -0.4 is 0 Å². The number of rotatable bonds is 18. The summed E-state index contributed by atoms with van der Waals surface area (Å²) in [5.74, 6) is -1.22. The predicted octanol–water partition coefficient (Wildman–Crippen LogP) is 4.24. The lowest BCUT2D eigenvalue weighted by molar-refractivity contribution is -0.893. The van der Waals surface area contributed by atoms with Gasteiger partial charge in [-0.1, -0.05) is 71.1 Å². The van der Waals surface area contributed by atoms with Gasteiger partial charge in [0.15, 0.2) is 6.10 Å². The molecule has 0 rings (SSSR count). The minimum absolute atomic E-state index is 0.332. The molecule has 0 aromatic rings. The van der Waals surface area contributed by atoms with Crippen molar-refractivity contribution in [1.29, 1.82) is 0 Å². The molecular formula is C21H43NO5S. The van der Waals surface area contributed by atoms with Crippen molar-refractivity contribution in [2.75, 3.05) is 32.9 Å². The van der Waals surface area contributed by atoms with Crippen molar-refractivity contribution in [3.63, 3.8) is 0 Å². The number of hydrogen-bond acceptors (Lipinski definition) is 5. The third-order valence-electron chi connectivity index (χ3n) is 5.04. The van der Waals surface area contributed by atoms with Gasteiger partial charge in [-0.3, -0.25) is 4.79 Å². The predicted molar refractivity (Wildman–Crippen MR) is 113 cm³/mol. The van der Waals surface area contributed by atoms with E-state index in [1.165, 1.54) is 71.1 Å². The van der Waals surface area contributed by atoms with E-state index in [9.17, 15) is 17.8 Å². The van der Waals surface area contributed by atoms with Crippen molar-refractivity contribution >= 4 is 16.1 Å². The van der Waals surface area contributed by atoms with Gasteiger partial charge >= 0.3 is 5.97 Å². The number of quaternary nitrogens is 1. The molecule has 0 saturated heterocycles. The lowest BCUT2D eigenvalue weighted by Crippen LogP contribution is -2.48. The average Bonchev–Trinajstić information content (AvgIpc) is 2.53. The topological polar surface area (TPSA) is 83.5 Å². The van der Waals surface area contributed by atoms with Crippen molar-refractivity contribution < 1.29 is 27.0 Å². The van der Waals surface area contributed by atoms with E-state index < -0.39 is 27.9 Å². The Hall–Kier alpha value is -0.660. The van der Waals surface area contributed by atoms with Crippen molar-refractivity contribution in [3.05, 3.63) is 0 Å². The molecule has 0 aliphatic heterocycles. The summed E-state index contributed by atoms with van der Waals surface area (Å²) >= 11 is 0. The van der Waals surface area contributed by atoms with Crippen molar-refractivity contribution in [2.45, 2.75) is 97.0 Å². The third kappa shape index (κ3) is 18.7. The first-order chi connectivity index (χ1) is 13.1. The van der Waals surface area contributed by atoms with Crippen LogP contribution in [0, 0.1) is 0 Å². The number of esters is 1. The van der Waals surface area contributed by atoms with E-state index in [-0.39, 0.29) is 0 Å². The molecule has 0 N–H and O–H groups in total. The molecule has 0 aromatic carbocycles. The van der Waals surface area contributed by atoms with Gasteiger partial charge in [0.05, 0.1) is 36.5 Å². The summed E-state index contributed by atoms with van der Waals surface area (Å²) in [6.45, 7) is 4.68. The van der Waals surface area contributed by atoms with Crippen molar-refractivity contribution in [3.8, 4) is 0 Å². The number of carbonyl (C=O) groups is 1. The number of likely N-dealkylation sites (N-methyl/N-ethyl adjacent to an activating group) is 1. The summed E-state index contributed by atoms with van der Waals surface area (Å²) in [7, 11) is -0.468. The van der Waals surface area contributed by atoms with Crippen LogP contribution >= 0.6 is 0 Å². The van der Waals surface area contributed by atoms with Gasteiger partial charge < -0.3 is 13.8 Å². The van der Waals surface area contributed by atoms with Crippen LogP contribution in [0.15, 0.2) is 0 Å². The lowest BCUT2D eigenvalue weighted by atomic mass is 10.1. The number of unbranched alkanes of at least 4 members (excludes halogenated alkanes) is 11. The van der Waals surface area contributed by atoms with Gasteiger partial charge in [0, 0.05) is 6.92 Å². The van der Waals surface area contributed by atoms with Crippen LogP contribution in [0.2, 0.25) is 0 Å². The van der Waals surface area contributed by atoms with Gasteiger partial charge in [-0.15, -0.1) is 0 Å². The Morgan fingerprint density at radius 3 is 1.71 bits per heavy atom. The lowest BCUT2D eigenvalue weighted by Gasteiger charge is -2.33. The van der Waals surface area contributed by atoms with Crippen LogP contribution in [-0.2, 0) is 19.6 Å². The Kier molecular flexibility index (Phi) is 14.9. The highest BCUT2D eigenvalue weighted by atomic mass is 32.2. The average molecular weight is 422 g/mol. The molecule has 1 atom stereocenters. The fourth-order valence-electron chi connectivity index (χ4n) is 3.61. The number of nitrogens with zero attached hydrogens (tertiary/aromatic N) is 1. The highest BCUT2D eigenvalue weighted by molar-refractivity contribution is 7.85. The Morgan fingerprint density at radius 1 is 0.893 bits per heavy atom. The molecule has 6 nitrogen and oxygen atoms in total. The second-order valence-corrected chi connectivity index (χ2v) is 10.1. The zero-order valence-corrected chi connectivity index (χ0v) is 19.4. The highest BCUT2D eigenvalue weighted by Gasteiger charge is 2.26. The quantitative estimate of drug-likeness (QED) is 0.143. The minimum Gasteiger partial charge on any atom is -0.748 e. The zero-order chi connectivity index (χ0) is 21.5. The van der Waals surface area contributed by atoms with Crippen LogP contribution in [0.3, 0.4) is 0 Å². The second kappa shape index (κ2) is 15.2. The minimum atomic E-state index is -4.43. The van der Waals surface area contributed by atoms with Crippen LogP contribution in [-0.4, -0.2) is 62.5 Å². The molecule has 28 heavy (non-hydrogen) atoms. The van der Waals surface area contributed by atoms with Gasteiger partial charge in [-0.2, -0.15) is 0 Å². The van der Waals surface area contributed by atoms with Gasteiger partial charge in [0.2, 0.25) is 0 Å². The SMILES string of the molecule is CCCCCCCCCCCCCC[N+](C)(C)CC(CS(=O)(=O)[O-])OC(C)=O. The fraction of sp³-hybridized carbons (Fsp3) is 0.952. The molecular weight excluding hydrogens is 378 g/mol. The smallest absolute Gasteiger partial charge is 0.303 e. The summed E-state index contributed by atoms with van der Waals surface area (Å²) in [4.78, 5) is 11.2. The summed E-state index contributed by atoms with van der Waals surface area (Å²) < 4.78 is 38.7. The van der Waals surface area contributed by atoms with E-state index in [4.69, 9.17) is 4.74 Å². The largest absolute Gasteiger partial charge is 0.748 e. The Bertz CT molecular complexity index is 505. The maximum Gasteiger partial charge on any atom is 0.303 e. The fourth-order valence-corrected chi connectivity index (χ4v) is 4.24. The summed E-state index contributed by atoms with van der Waals surface area (Å²) in [5.41, 5.74) is 0. The van der Waals surface area contributed by atoms with Gasteiger partial charge in [0.1, 0.15) is 6.54 Å². The monoisotopic (exact) mass is 421 g/mol. The van der Waals surface area contributed by atoms with Crippen LogP contribution in [0.4, 0.5) is 0 Å². The summed E-state index contributed by atoms with van der Waals surface area (Å²) in [6, 6.07) is 0. The standard InChI is InChI=1S/C21H43NO5S/c1-5-6-7-8-9-10-11-12-13-14-15-16-17-22(3,4)18-21(27-20(2)23)19-28(24,25)26/h21H,5-19H2,1-4H3. The van der Waals surface area contributed by atoms with Gasteiger partial charge in [0.25, 0.3) is 0 Å². The molecule has 0 heterocycles. The van der Waals surface area contributed by atoms with Gasteiger partial charge in [-0.05, 0) is 12.8 Å². The first kappa shape index (κ1) is 27.3. The molecule has 0 amide bonds. The number of hydrogen-bond donors (Lipinski definition) is 0. The molecule has 0 saturated carbocycles. The van der Waals surface area contributed by atoms with E-state index in [1.54, 1.807) is 0 Å². The number of ether oxygens (including phenoxy) is 1. The zero-order valence-electron chi connectivity index (χ0n) is 18.6. The van der Waals surface area contributed by atoms with Crippen LogP contribution in [0.1, 0.15) is 90.9 Å². The molecule has 168 valence electrons. The molecule has 0 radical (unpaired) electrons. The van der Waals surface area contributed by atoms with Crippen LogP contribution in [0.25, 0.3) is 0 Å². The normalized spacial score (nSPS) is 13.5. The Balaban J connectivity index is 3.89. The molecule has 0 fully saturated rings. The van der Waals surface area contributed by atoms with E-state index in [1.807, 2.05) is 14.1 Å². The maximum absolute atomic E-state index is 11.2. The molecule has 0 aliphatic carbocycles. The van der Waals surface area contributed by atoms with E-state index in [2.05, 4.69) is 6.92 Å². The van der Waals surface area contributed by atoms with Crippen LogP contribution in [0.5, 0.6) is 0 Å². The third-order valence-corrected chi connectivity index (χ3v) is 5.82. The molecule has 1 unspecified atom stereocenters. The van der Waals surface area contributed by atoms with E-state index >= 15 is 0 Å². The first-order valence-corrected chi connectivity index (χ1v) is 12.6. The summed E-state index contributed by atoms with van der Waals surface area (Å²) in [6.07, 6.45) is 14.6. The second-order valence-electron chi connectivity index (χ2n) is 8.69. The number of carbonyl (C=O) groups excluding carboxylic acids is 1.